The van der Waals surface area contributed by atoms with Gasteiger partial charge >= 0.3 is 0 Å². The SMILES string of the molecule is CC[C@H](C)C([C@@H](CC(=O)N1CCC[C@H]1[C@H](OC)[C@@H](C)C(=O)N[C@@H](Cc1ccc(N)cc1)c1nccs1)OC)N(C)C(=O)[C@@H](NC(=O)[C@H]1NC2CCC1[C@@H]2C)C(C)C. The monoisotopic (exact) mass is 809 g/mol. The summed E-state index contributed by atoms with van der Waals surface area (Å²) in [6.07, 6.45) is 5.51. The van der Waals surface area contributed by atoms with Gasteiger partial charge < -0.3 is 41.0 Å². The van der Waals surface area contributed by atoms with Crippen LogP contribution < -0.4 is 21.7 Å². The molecule has 57 heavy (non-hydrogen) atoms. The summed E-state index contributed by atoms with van der Waals surface area (Å²) < 4.78 is 12.1. The lowest BCUT2D eigenvalue weighted by Gasteiger charge is -2.41. The second kappa shape index (κ2) is 19.9. The van der Waals surface area contributed by atoms with Crippen LogP contribution >= 0.6 is 11.3 Å². The molecule has 0 radical (unpaired) electrons. The molecule has 1 saturated carbocycles. The van der Waals surface area contributed by atoms with Crippen LogP contribution in [0.1, 0.15) is 96.7 Å². The summed E-state index contributed by atoms with van der Waals surface area (Å²) in [4.78, 5) is 64.3. The van der Waals surface area contributed by atoms with Crippen molar-refractivity contribution in [2.24, 2.45) is 29.6 Å². The molecule has 3 heterocycles. The maximum absolute atomic E-state index is 14.3. The van der Waals surface area contributed by atoms with Crippen molar-refractivity contribution in [2.75, 3.05) is 33.5 Å². The third-order valence-electron chi connectivity index (χ3n) is 13.2. The number of ether oxygens (including phenoxy) is 2. The Hall–Kier alpha value is -3.59. The number of benzene rings is 1. The number of hydrogen-bond donors (Lipinski definition) is 4. The molecule has 3 fully saturated rings. The zero-order chi connectivity index (χ0) is 41.6. The van der Waals surface area contributed by atoms with E-state index < -0.39 is 30.2 Å². The van der Waals surface area contributed by atoms with Crippen LogP contribution in [0.4, 0.5) is 5.69 Å². The Labute approximate surface area is 343 Å². The van der Waals surface area contributed by atoms with E-state index in [2.05, 4.69) is 41.7 Å². The van der Waals surface area contributed by atoms with Gasteiger partial charge in [-0.15, -0.1) is 11.3 Å². The number of likely N-dealkylation sites (N-methyl/N-ethyl adjacent to an activating group) is 1. The molecule has 2 bridgehead atoms. The molecular formula is C43H67N7O6S. The highest BCUT2D eigenvalue weighted by Crippen LogP contribution is 2.40. The number of anilines is 1. The van der Waals surface area contributed by atoms with E-state index in [0.717, 1.165) is 36.3 Å². The number of nitrogens with two attached hydrogens (primary N) is 1. The highest BCUT2D eigenvalue weighted by molar-refractivity contribution is 7.09. The highest BCUT2D eigenvalue weighted by atomic mass is 32.1. The minimum absolute atomic E-state index is 0.00265. The number of carbonyl (C=O) groups excluding carboxylic acids is 4. The first kappa shape index (κ1) is 44.5. The lowest BCUT2D eigenvalue weighted by atomic mass is 9.89. The Morgan fingerprint density at radius 1 is 1.05 bits per heavy atom. The molecule has 3 unspecified atom stereocenters. The molecule has 3 aliphatic rings. The van der Waals surface area contributed by atoms with E-state index in [4.69, 9.17) is 15.2 Å². The number of methoxy groups -OCH3 is 2. The fourth-order valence-electron chi connectivity index (χ4n) is 9.61. The minimum atomic E-state index is -0.724. The van der Waals surface area contributed by atoms with Crippen molar-refractivity contribution in [1.82, 2.24) is 30.7 Å². The van der Waals surface area contributed by atoms with E-state index in [0.29, 0.717) is 37.0 Å². The maximum Gasteiger partial charge on any atom is 0.245 e. The van der Waals surface area contributed by atoms with Gasteiger partial charge in [0.15, 0.2) is 0 Å². The van der Waals surface area contributed by atoms with Gasteiger partial charge in [0.25, 0.3) is 0 Å². The summed E-state index contributed by atoms with van der Waals surface area (Å²) in [5, 5.41) is 12.5. The predicted octanol–water partition coefficient (Wildman–Crippen LogP) is 4.57. The number of aromatic nitrogens is 1. The zero-order valence-corrected chi connectivity index (χ0v) is 36.2. The van der Waals surface area contributed by atoms with Gasteiger partial charge in [0.1, 0.15) is 11.0 Å². The molecule has 2 aromatic rings. The summed E-state index contributed by atoms with van der Waals surface area (Å²) >= 11 is 1.49. The van der Waals surface area contributed by atoms with Gasteiger partial charge in [0.2, 0.25) is 23.6 Å². The summed E-state index contributed by atoms with van der Waals surface area (Å²) in [5.74, 6) is -0.612. The summed E-state index contributed by atoms with van der Waals surface area (Å²) in [6, 6.07) is 5.85. The van der Waals surface area contributed by atoms with Crippen LogP contribution in [-0.2, 0) is 35.1 Å². The standard InChI is InChI=1S/C43H67N7O6S/c1-10-25(4)38(49(7)43(54)36(24(2)3)48-41(53)37-30-17-18-31(46-37)26(30)5)34(55-8)23-35(51)50-20-11-12-33(50)39(56-9)27(6)40(52)47-32(42-45-19-21-57-42)22-28-13-15-29(44)16-14-28/h13-16,19,21,24-27,30-34,36-39,46H,10-12,17-18,20,22-23,44H2,1-9H3,(H,47,52)(H,48,53)/t25-,26-,27+,30?,31?,32-,33-,34+,36-,37-,38?,39+/m0/s1. The molecule has 14 heteroatoms. The number of nitrogens with one attached hydrogen (secondary N) is 3. The van der Waals surface area contributed by atoms with E-state index in [1.54, 1.807) is 32.4 Å². The summed E-state index contributed by atoms with van der Waals surface area (Å²) in [5.41, 5.74) is 7.61. The number of thiazole rings is 1. The molecule has 12 atom stereocenters. The smallest absolute Gasteiger partial charge is 0.245 e. The average Bonchev–Trinajstić information content (AvgIpc) is 4.03. The molecular weight excluding hydrogens is 743 g/mol. The van der Waals surface area contributed by atoms with Crippen LogP contribution in [0.25, 0.3) is 0 Å². The Morgan fingerprint density at radius 3 is 2.33 bits per heavy atom. The van der Waals surface area contributed by atoms with Crippen LogP contribution in [0, 0.1) is 29.6 Å². The van der Waals surface area contributed by atoms with Crippen LogP contribution in [0.3, 0.4) is 0 Å². The Balaban J connectivity index is 1.26. The molecule has 13 nitrogen and oxygen atoms in total. The van der Waals surface area contributed by atoms with Crippen molar-refractivity contribution in [3.8, 4) is 0 Å². The number of likely N-dealkylation sites (tertiary alicyclic amines) is 1. The Kier molecular flexibility index (Phi) is 15.5. The van der Waals surface area contributed by atoms with Crippen LogP contribution in [-0.4, -0.2) is 109 Å². The molecule has 1 aromatic carbocycles. The minimum Gasteiger partial charge on any atom is -0.399 e. The largest absolute Gasteiger partial charge is 0.399 e. The number of rotatable bonds is 19. The summed E-state index contributed by atoms with van der Waals surface area (Å²) in [7, 11) is 4.95. The van der Waals surface area contributed by atoms with Gasteiger partial charge in [-0.2, -0.15) is 0 Å². The lowest BCUT2D eigenvalue weighted by Crippen LogP contribution is -2.59. The second-order valence-electron chi connectivity index (χ2n) is 17.0. The van der Waals surface area contributed by atoms with Crippen molar-refractivity contribution in [2.45, 2.75) is 135 Å². The predicted molar refractivity (Wildman–Crippen MR) is 223 cm³/mol. The quantitative estimate of drug-likeness (QED) is 0.149. The third-order valence-corrected chi connectivity index (χ3v) is 14.1. The maximum atomic E-state index is 14.3. The van der Waals surface area contributed by atoms with E-state index in [9.17, 15) is 19.2 Å². The second-order valence-corrected chi connectivity index (χ2v) is 18.0. The van der Waals surface area contributed by atoms with E-state index in [1.807, 2.05) is 55.3 Å². The molecule has 2 aliphatic heterocycles. The van der Waals surface area contributed by atoms with Crippen molar-refractivity contribution in [3.63, 3.8) is 0 Å². The number of fused-ring (bicyclic) bond motifs is 2. The average molecular weight is 810 g/mol. The van der Waals surface area contributed by atoms with Crippen LogP contribution in [0.2, 0.25) is 0 Å². The van der Waals surface area contributed by atoms with Crippen LogP contribution in [0.5, 0.6) is 0 Å². The van der Waals surface area contributed by atoms with Crippen LogP contribution in [0.15, 0.2) is 35.8 Å². The Morgan fingerprint density at radius 2 is 1.77 bits per heavy atom. The number of nitrogen functional groups attached to an aromatic ring is 1. The van der Waals surface area contributed by atoms with E-state index in [-0.39, 0.29) is 65.9 Å². The van der Waals surface area contributed by atoms with Gasteiger partial charge in [0.05, 0.1) is 48.7 Å². The molecule has 5 N–H and O–H groups in total. The Bertz CT molecular complexity index is 1640. The van der Waals surface area contributed by atoms with Crippen molar-refractivity contribution < 1.29 is 28.7 Å². The zero-order valence-electron chi connectivity index (χ0n) is 35.4. The lowest BCUT2D eigenvalue weighted by molar-refractivity contribution is -0.147. The fraction of sp³-hybridized carbons (Fsp3) is 0.698. The number of amides is 4. The molecule has 1 aromatic heterocycles. The van der Waals surface area contributed by atoms with Gasteiger partial charge in [0, 0.05) is 51.1 Å². The first-order valence-corrected chi connectivity index (χ1v) is 21.8. The number of hydrogen-bond acceptors (Lipinski definition) is 10. The molecule has 2 saturated heterocycles. The number of carbonyl (C=O) groups is 4. The molecule has 316 valence electrons. The topological polar surface area (TPSA) is 168 Å². The van der Waals surface area contributed by atoms with Gasteiger partial charge in [-0.05, 0) is 73.5 Å². The number of nitrogens with zero attached hydrogens (tertiary/aromatic N) is 3. The molecule has 0 spiro atoms. The number of piperidine rings is 1. The third kappa shape index (κ3) is 10.2. The first-order valence-electron chi connectivity index (χ1n) is 20.9. The summed E-state index contributed by atoms with van der Waals surface area (Å²) in [6.45, 7) is 12.6. The van der Waals surface area contributed by atoms with Crippen molar-refractivity contribution in [1.29, 1.82) is 0 Å². The van der Waals surface area contributed by atoms with E-state index >= 15 is 0 Å². The molecule has 1 aliphatic carbocycles. The fourth-order valence-corrected chi connectivity index (χ4v) is 10.3. The molecule has 5 rings (SSSR count). The van der Waals surface area contributed by atoms with E-state index in [1.165, 1.54) is 11.3 Å². The van der Waals surface area contributed by atoms with Gasteiger partial charge in [-0.25, -0.2) is 4.98 Å². The van der Waals surface area contributed by atoms with Gasteiger partial charge in [-0.3, -0.25) is 19.2 Å². The van der Waals surface area contributed by atoms with Gasteiger partial charge in [-0.1, -0.05) is 60.1 Å². The first-order chi connectivity index (χ1) is 27.2. The normalized spacial score (nSPS) is 25.4. The van der Waals surface area contributed by atoms with Crippen molar-refractivity contribution in [3.05, 3.63) is 46.4 Å². The molecule has 4 amide bonds. The van der Waals surface area contributed by atoms with Crippen molar-refractivity contribution >= 4 is 40.7 Å². The highest BCUT2D eigenvalue weighted by Gasteiger charge is 2.49.